The largest absolute Gasteiger partial charge is 0.477 e. The molecule has 0 spiro atoms. The van der Waals surface area contributed by atoms with E-state index < -0.39 is 11.9 Å². The fraction of sp³-hybridized carbons (Fsp3) is 0.0698. The number of aryl methyl sites for hydroxylation is 1. The van der Waals surface area contributed by atoms with Crippen molar-refractivity contribution in [1.82, 2.24) is 13.7 Å². The number of hydrogen-bond donors (Lipinski definition) is 2. The number of fused-ring (bicyclic) bond motifs is 3. The number of rotatable bonds is 23. The maximum atomic E-state index is 12.2. The molecule has 0 aliphatic heterocycles. The summed E-state index contributed by atoms with van der Waals surface area (Å²) in [7, 11) is 0. The van der Waals surface area contributed by atoms with Crippen LogP contribution in [0.1, 0.15) is 66.5 Å². The van der Waals surface area contributed by atoms with Gasteiger partial charge in [-0.3, -0.25) is 0 Å². The summed E-state index contributed by atoms with van der Waals surface area (Å²) < 4.78 is 6.38. The van der Waals surface area contributed by atoms with Gasteiger partial charge in [-0.25, -0.2) is 9.59 Å². The zero-order valence-electron chi connectivity index (χ0n) is 53.4. The number of para-hydroxylation sites is 4. The van der Waals surface area contributed by atoms with Crippen LogP contribution in [0.15, 0.2) is 290 Å². The van der Waals surface area contributed by atoms with Gasteiger partial charge >= 0.3 is 11.9 Å². The molecule has 0 radical (unpaired) electrons. The quantitative estimate of drug-likeness (QED) is 0.0366. The van der Waals surface area contributed by atoms with Crippen molar-refractivity contribution >= 4 is 104 Å². The van der Waals surface area contributed by atoms with Gasteiger partial charge in [0.25, 0.3) is 0 Å². The molecule has 13 rings (SSSR count). The molecule has 3 heterocycles. The zero-order valence-corrected chi connectivity index (χ0v) is 53.4. The molecular weight excluding hydrogens is 1190 g/mol. The Morgan fingerprint density at radius 1 is 0.381 bits per heavy atom. The minimum absolute atomic E-state index is 0.372. The Kier molecular flexibility index (Phi) is 18.7. The number of carboxylic acid groups (broad SMARTS) is 2. The highest BCUT2D eigenvalue weighted by atomic mass is 16.4. The van der Waals surface area contributed by atoms with Crippen LogP contribution in [-0.4, -0.2) is 35.9 Å². The maximum absolute atomic E-state index is 12.2. The standard InChI is InChI=1S/C86H67N7O4/c1-2-3-4-17-54-89-83-52-36-65(63-32-44-77(45-33-63)92-75(48-50-79(92)55-67(59-87)85(94)95)42-30-61-26-38-73(39-27-61)90(69-18-9-5-10-19-69)70-20-11-6-12-21-70)57-81(83)82-58-66(37-53-84(82)89)64-34-46-78(47-35-64)93-76(49-51-80(93)56-68(60-88)86(96)97)43-31-62-28-40-74(41-29-62)91(71-22-13-7-14-23-71)72-24-15-8-16-25-72/h5-16,18-53,55-58H,2-4,17,54H2,1H3,(H,94,95)(H,96,97)/b42-30-,43-31+,67-55-,68-56+. The molecule has 2 N–H and O–H groups in total. The first-order chi connectivity index (χ1) is 47.6. The molecule has 0 saturated heterocycles. The van der Waals surface area contributed by atoms with E-state index in [0.717, 1.165) is 138 Å². The lowest BCUT2D eigenvalue weighted by atomic mass is 10.00. The number of anilines is 6. The van der Waals surface area contributed by atoms with E-state index in [4.69, 9.17) is 0 Å². The van der Waals surface area contributed by atoms with Crippen LogP contribution in [0.2, 0.25) is 0 Å². The molecule has 0 aliphatic carbocycles. The number of aliphatic carboxylic acids is 2. The monoisotopic (exact) mass is 1260 g/mol. The van der Waals surface area contributed by atoms with Crippen molar-refractivity contribution in [1.29, 1.82) is 10.5 Å². The van der Waals surface area contributed by atoms with Gasteiger partial charge in [0, 0.05) is 96.6 Å². The second-order valence-corrected chi connectivity index (χ2v) is 23.6. The smallest absolute Gasteiger partial charge is 0.346 e. The highest BCUT2D eigenvalue weighted by Gasteiger charge is 2.19. The summed E-state index contributed by atoms with van der Waals surface area (Å²) in [5, 5.41) is 41.9. The van der Waals surface area contributed by atoms with Crippen LogP contribution in [-0.2, 0) is 16.1 Å². The van der Waals surface area contributed by atoms with Gasteiger partial charge in [-0.05, 0) is 210 Å². The molecule has 11 heteroatoms. The molecule has 10 aromatic carbocycles. The molecule has 0 fully saturated rings. The van der Waals surface area contributed by atoms with Crippen molar-refractivity contribution in [2.45, 2.75) is 39.2 Å². The van der Waals surface area contributed by atoms with Crippen LogP contribution in [0.3, 0.4) is 0 Å². The van der Waals surface area contributed by atoms with Gasteiger partial charge in [-0.2, -0.15) is 10.5 Å². The van der Waals surface area contributed by atoms with Crippen LogP contribution in [0.4, 0.5) is 34.1 Å². The van der Waals surface area contributed by atoms with Crippen molar-refractivity contribution in [3.05, 3.63) is 324 Å². The Labute approximate surface area is 564 Å². The van der Waals surface area contributed by atoms with Gasteiger partial charge in [0.05, 0.1) is 0 Å². The van der Waals surface area contributed by atoms with Crippen LogP contribution in [0.25, 0.3) is 91.9 Å². The number of hydrogen-bond acceptors (Lipinski definition) is 6. The SMILES string of the molecule is CCCCCCn1c2ccc(-c3ccc(-n4c(/C=C\c5ccc(N(c6ccccc6)c6ccccc6)cc5)ccc4/C=C(/C#N)C(=O)O)cc3)cc2c2cc(-c3ccc(-n4c(/C=C/c5ccc(N(c6ccccc6)c6ccccc6)cc5)ccc4/C=C(\C#N)C(=O)O)cc3)ccc21. The highest BCUT2D eigenvalue weighted by molar-refractivity contribution is 6.11. The third-order valence-corrected chi connectivity index (χ3v) is 17.4. The van der Waals surface area contributed by atoms with E-state index >= 15 is 0 Å². The van der Waals surface area contributed by atoms with Gasteiger partial charge < -0.3 is 33.7 Å². The lowest BCUT2D eigenvalue weighted by Gasteiger charge is -2.25. The number of aromatic nitrogens is 3. The summed E-state index contributed by atoms with van der Waals surface area (Å²) >= 11 is 0. The number of unbranched alkanes of at least 4 members (excludes halogenated alkanes) is 3. The highest BCUT2D eigenvalue weighted by Crippen LogP contribution is 2.39. The molecule has 11 nitrogen and oxygen atoms in total. The van der Waals surface area contributed by atoms with E-state index in [1.54, 1.807) is 0 Å². The third-order valence-electron chi connectivity index (χ3n) is 17.4. The van der Waals surface area contributed by atoms with Crippen molar-refractivity contribution in [2.75, 3.05) is 9.80 Å². The molecule has 0 bridgehead atoms. The number of benzene rings is 10. The minimum Gasteiger partial charge on any atom is -0.477 e. The van der Waals surface area contributed by atoms with E-state index in [2.05, 4.69) is 179 Å². The van der Waals surface area contributed by atoms with Gasteiger partial charge in [-0.1, -0.05) is 172 Å². The lowest BCUT2D eigenvalue weighted by molar-refractivity contribution is -0.133. The van der Waals surface area contributed by atoms with Crippen LogP contribution >= 0.6 is 0 Å². The summed E-state index contributed by atoms with van der Waals surface area (Å²) in [5.41, 5.74) is 18.0. The van der Waals surface area contributed by atoms with Crippen LogP contribution < -0.4 is 9.80 Å². The Hall–Kier alpha value is -13.0. The zero-order chi connectivity index (χ0) is 66.6. The van der Waals surface area contributed by atoms with Gasteiger partial charge in [-0.15, -0.1) is 0 Å². The van der Waals surface area contributed by atoms with E-state index in [0.29, 0.717) is 11.4 Å². The maximum Gasteiger partial charge on any atom is 0.346 e. The van der Waals surface area contributed by atoms with Gasteiger partial charge in [0.2, 0.25) is 0 Å². The first-order valence-corrected chi connectivity index (χ1v) is 32.4. The number of carboxylic acids is 2. The summed E-state index contributed by atoms with van der Waals surface area (Å²) in [6.07, 6.45) is 15.4. The first-order valence-electron chi connectivity index (χ1n) is 32.4. The van der Waals surface area contributed by atoms with E-state index in [1.165, 1.54) is 18.6 Å². The second-order valence-electron chi connectivity index (χ2n) is 23.6. The molecule has 0 saturated carbocycles. The molecule has 0 unspecified atom stereocenters. The average molecular weight is 1260 g/mol. The molecule has 0 amide bonds. The minimum atomic E-state index is -1.30. The predicted molar refractivity (Wildman–Crippen MR) is 396 cm³/mol. The summed E-state index contributed by atoms with van der Waals surface area (Å²) in [4.78, 5) is 28.8. The third kappa shape index (κ3) is 13.8. The topological polar surface area (TPSA) is 143 Å². The van der Waals surface area contributed by atoms with Crippen molar-refractivity contribution in [3.8, 4) is 45.8 Å². The number of nitriles is 2. The fourth-order valence-electron chi connectivity index (χ4n) is 12.6. The summed E-state index contributed by atoms with van der Waals surface area (Å²) in [6.45, 7) is 3.10. The van der Waals surface area contributed by atoms with Crippen molar-refractivity contribution < 1.29 is 19.8 Å². The normalized spacial score (nSPS) is 11.7. The van der Waals surface area contributed by atoms with Crippen molar-refractivity contribution in [2.24, 2.45) is 0 Å². The summed E-state index contributed by atoms with van der Waals surface area (Å²) in [5.74, 6) is -2.60. The Bertz CT molecular complexity index is 4780. The molecule has 13 aromatic rings. The Morgan fingerprint density at radius 3 is 1.06 bits per heavy atom. The van der Waals surface area contributed by atoms with Gasteiger partial charge in [0.1, 0.15) is 23.3 Å². The first kappa shape index (κ1) is 62.8. The Balaban J connectivity index is 0.807. The predicted octanol–water partition coefficient (Wildman–Crippen LogP) is 21.6. The van der Waals surface area contributed by atoms with Crippen LogP contribution in [0, 0.1) is 22.7 Å². The second kappa shape index (κ2) is 28.9. The van der Waals surface area contributed by atoms with Gasteiger partial charge in [0.15, 0.2) is 0 Å². The lowest BCUT2D eigenvalue weighted by Crippen LogP contribution is -2.09. The average Bonchev–Trinajstić information content (AvgIpc) is 1.61. The summed E-state index contributed by atoms with van der Waals surface area (Å²) in [6, 6.07) is 98.8. The number of carbonyl (C=O) groups is 2. The van der Waals surface area contributed by atoms with Crippen molar-refractivity contribution in [3.63, 3.8) is 0 Å². The van der Waals surface area contributed by atoms with E-state index in [1.807, 2.05) is 167 Å². The van der Waals surface area contributed by atoms with Crippen LogP contribution in [0.5, 0.6) is 0 Å². The number of nitrogens with zero attached hydrogens (tertiary/aromatic N) is 7. The molecule has 3 aromatic heterocycles. The van der Waals surface area contributed by atoms with E-state index in [9.17, 15) is 30.3 Å². The molecule has 0 atom stereocenters. The molecule has 97 heavy (non-hydrogen) atoms. The fourth-order valence-corrected chi connectivity index (χ4v) is 12.6. The molecule has 470 valence electrons. The Morgan fingerprint density at radius 2 is 0.722 bits per heavy atom. The van der Waals surface area contributed by atoms with E-state index in [-0.39, 0.29) is 11.1 Å². The molecule has 0 aliphatic rings. The molecular formula is C86H67N7O4.